The lowest BCUT2D eigenvalue weighted by atomic mass is 10.3. The summed E-state index contributed by atoms with van der Waals surface area (Å²) >= 11 is 4.91. The van der Waals surface area contributed by atoms with Crippen molar-refractivity contribution in [3.8, 4) is 0 Å². The summed E-state index contributed by atoms with van der Waals surface area (Å²) in [5, 5.41) is 3.07. The maximum absolute atomic E-state index is 5.57. The average molecular weight is 259 g/mol. The summed E-state index contributed by atoms with van der Waals surface area (Å²) < 4.78 is 0. The first-order valence-electron chi connectivity index (χ1n) is 5.40. The molecule has 0 aliphatic heterocycles. The van der Waals surface area contributed by atoms with E-state index < -0.39 is 0 Å². The predicted molar refractivity (Wildman–Crippen MR) is 74.9 cm³/mol. The number of thiocarbonyl (C=S) groups is 1. The normalized spacial score (nSPS) is 10.1. The summed E-state index contributed by atoms with van der Waals surface area (Å²) in [5.74, 6) is 0.462. The number of hydrogen-bond donors (Lipinski definition) is 2. The highest BCUT2D eigenvalue weighted by Crippen LogP contribution is 2.13. The van der Waals surface area contributed by atoms with Gasteiger partial charge in [0.25, 0.3) is 0 Å². The number of nitrogens with zero attached hydrogens (tertiary/aromatic N) is 3. The minimum Gasteiger partial charge on any atom is -0.388 e. The maximum atomic E-state index is 5.57. The topological polar surface area (TPSA) is 76.7 Å². The molecule has 0 aromatic carbocycles. The molecule has 2 aromatic rings. The van der Waals surface area contributed by atoms with Crippen LogP contribution in [0.5, 0.6) is 0 Å². The number of pyridine rings is 1. The third-order valence-electron chi connectivity index (χ3n) is 2.27. The third-order valence-corrected chi connectivity index (χ3v) is 2.48. The molecule has 0 aliphatic carbocycles. The van der Waals surface area contributed by atoms with Gasteiger partial charge in [0.2, 0.25) is 5.95 Å². The van der Waals surface area contributed by atoms with Crippen molar-refractivity contribution in [2.24, 2.45) is 5.73 Å². The van der Waals surface area contributed by atoms with E-state index in [1.54, 1.807) is 12.3 Å². The first kappa shape index (κ1) is 12.4. The molecule has 2 aromatic heterocycles. The van der Waals surface area contributed by atoms with Gasteiger partial charge in [0.05, 0.1) is 11.9 Å². The van der Waals surface area contributed by atoms with Crippen LogP contribution in [-0.4, -0.2) is 19.9 Å². The zero-order valence-corrected chi connectivity index (χ0v) is 11.0. The summed E-state index contributed by atoms with van der Waals surface area (Å²) in [6.07, 6.45) is 1.72. The van der Waals surface area contributed by atoms with Crippen molar-refractivity contribution in [1.82, 2.24) is 15.0 Å². The van der Waals surface area contributed by atoms with Gasteiger partial charge < -0.3 is 11.1 Å². The van der Waals surface area contributed by atoms with Gasteiger partial charge in [0.1, 0.15) is 10.7 Å². The number of aryl methyl sites for hydroxylation is 2. The van der Waals surface area contributed by atoms with E-state index >= 15 is 0 Å². The second kappa shape index (κ2) is 5.05. The Labute approximate surface area is 110 Å². The van der Waals surface area contributed by atoms with Gasteiger partial charge in [-0.15, -0.1) is 0 Å². The Balaban J connectivity index is 2.28. The van der Waals surface area contributed by atoms with Gasteiger partial charge in [0.15, 0.2) is 0 Å². The van der Waals surface area contributed by atoms with Crippen LogP contribution in [0, 0.1) is 13.8 Å². The smallest absolute Gasteiger partial charge is 0.228 e. The Morgan fingerprint density at radius 1 is 1.22 bits per heavy atom. The molecule has 0 saturated carbocycles. The summed E-state index contributed by atoms with van der Waals surface area (Å²) in [4.78, 5) is 12.9. The summed E-state index contributed by atoms with van der Waals surface area (Å²) in [5.41, 5.74) is 8.70. The molecule has 0 amide bonds. The quantitative estimate of drug-likeness (QED) is 0.819. The molecule has 0 saturated heterocycles. The summed E-state index contributed by atoms with van der Waals surface area (Å²) in [7, 11) is 0. The predicted octanol–water partition coefficient (Wildman–Crippen LogP) is 1.87. The molecular weight excluding hydrogens is 246 g/mol. The maximum Gasteiger partial charge on any atom is 0.228 e. The van der Waals surface area contributed by atoms with Crippen LogP contribution in [0.25, 0.3) is 0 Å². The lowest BCUT2D eigenvalue weighted by Crippen LogP contribution is -2.13. The van der Waals surface area contributed by atoms with E-state index in [1.807, 2.05) is 26.0 Å². The van der Waals surface area contributed by atoms with E-state index in [0.29, 0.717) is 11.6 Å². The minimum atomic E-state index is 0.255. The molecule has 5 nitrogen and oxygen atoms in total. The van der Waals surface area contributed by atoms with E-state index in [1.165, 1.54) is 0 Å². The highest BCUT2D eigenvalue weighted by molar-refractivity contribution is 7.80. The third kappa shape index (κ3) is 2.98. The Morgan fingerprint density at radius 3 is 2.61 bits per heavy atom. The second-order valence-electron chi connectivity index (χ2n) is 3.90. The number of nitrogens with one attached hydrogen (secondary N) is 1. The fourth-order valence-corrected chi connectivity index (χ4v) is 1.53. The van der Waals surface area contributed by atoms with E-state index in [2.05, 4.69) is 20.3 Å². The van der Waals surface area contributed by atoms with Crippen LogP contribution in [0.4, 0.5) is 11.6 Å². The lowest BCUT2D eigenvalue weighted by molar-refractivity contribution is 1.09. The molecule has 92 valence electrons. The van der Waals surface area contributed by atoms with Gasteiger partial charge in [-0.25, -0.2) is 9.97 Å². The van der Waals surface area contributed by atoms with E-state index in [4.69, 9.17) is 18.0 Å². The molecule has 0 unspecified atom stereocenters. The van der Waals surface area contributed by atoms with Gasteiger partial charge in [-0.05, 0) is 32.0 Å². The number of hydrogen-bond acceptors (Lipinski definition) is 5. The Bertz CT molecular complexity index is 580. The van der Waals surface area contributed by atoms with Crippen molar-refractivity contribution in [3.63, 3.8) is 0 Å². The second-order valence-corrected chi connectivity index (χ2v) is 4.34. The van der Waals surface area contributed by atoms with Crippen molar-refractivity contribution in [3.05, 3.63) is 41.5 Å². The zero-order chi connectivity index (χ0) is 13.1. The van der Waals surface area contributed by atoms with Gasteiger partial charge in [0, 0.05) is 11.4 Å². The molecule has 0 fully saturated rings. The standard InChI is InChI=1S/C12H13N5S/c1-7-3-4-9(6-14-7)16-12-15-8(2)5-10(17-12)11(13)18/h3-6H,1-2H3,(H2,13,18)(H,15,16,17). The van der Waals surface area contributed by atoms with Crippen LogP contribution >= 0.6 is 12.2 Å². The Kier molecular flexibility index (Phi) is 3.47. The van der Waals surface area contributed by atoms with Gasteiger partial charge in [-0.3, -0.25) is 4.98 Å². The monoisotopic (exact) mass is 259 g/mol. The first-order chi connectivity index (χ1) is 8.54. The van der Waals surface area contributed by atoms with Crippen LogP contribution < -0.4 is 11.1 Å². The van der Waals surface area contributed by atoms with Crippen molar-refractivity contribution in [1.29, 1.82) is 0 Å². The zero-order valence-electron chi connectivity index (χ0n) is 10.1. The molecule has 0 spiro atoms. The van der Waals surface area contributed by atoms with Crippen LogP contribution in [0.2, 0.25) is 0 Å². The Morgan fingerprint density at radius 2 is 2.00 bits per heavy atom. The number of rotatable bonds is 3. The van der Waals surface area contributed by atoms with E-state index in [-0.39, 0.29) is 4.99 Å². The molecular formula is C12H13N5S. The van der Waals surface area contributed by atoms with Crippen LogP contribution in [0.3, 0.4) is 0 Å². The Hall–Kier alpha value is -2.08. The summed E-state index contributed by atoms with van der Waals surface area (Å²) in [6, 6.07) is 5.57. The minimum absolute atomic E-state index is 0.255. The number of anilines is 2. The van der Waals surface area contributed by atoms with Crippen LogP contribution in [0.1, 0.15) is 17.1 Å². The van der Waals surface area contributed by atoms with E-state index in [0.717, 1.165) is 17.1 Å². The highest BCUT2D eigenvalue weighted by Gasteiger charge is 2.04. The highest BCUT2D eigenvalue weighted by atomic mass is 32.1. The molecule has 2 rings (SSSR count). The molecule has 6 heteroatoms. The molecule has 0 bridgehead atoms. The SMILES string of the molecule is Cc1ccc(Nc2nc(C)cc(C(N)=S)n2)cn1. The van der Waals surface area contributed by atoms with Crippen molar-refractivity contribution >= 4 is 28.8 Å². The molecule has 0 atom stereocenters. The van der Waals surface area contributed by atoms with Crippen LogP contribution in [0.15, 0.2) is 24.4 Å². The largest absolute Gasteiger partial charge is 0.388 e. The summed E-state index contributed by atoms with van der Waals surface area (Å²) in [6.45, 7) is 3.79. The van der Waals surface area contributed by atoms with Gasteiger partial charge in [-0.2, -0.15) is 0 Å². The van der Waals surface area contributed by atoms with Gasteiger partial charge >= 0.3 is 0 Å². The molecule has 0 radical (unpaired) electrons. The first-order valence-corrected chi connectivity index (χ1v) is 5.80. The van der Waals surface area contributed by atoms with Crippen molar-refractivity contribution < 1.29 is 0 Å². The van der Waals surface area contributed by atoms with Gasteiger partial charge in [-0.1, -0.05) is 12.2 Å². The fraction of sp³-hybridized carbons (Fsp3) is 0.167. The van der Waals surface area contributed by atoms with E-state index in [9.17, 15) is 0 Å². The molecule has 2 heterocycles. The van der Waals surface area contributed by atoms with Crippen LogP contribution in [-0.2, 0) is 0 Å². The van der Waals surface area contributed by atoms with Crippen molar-refractivity contribution in [2.75, 3.05) is 5.32 Å². The van der Waals surface area contributed by atoms with Crippen molar-refractivity contribution in [2.45, 2.75) is 13.8 Å². The lowest BCUT2D eigenvalue weighted by Gasteiger charge is -2.07. The number of aromatic nitrogens is 3. The molecule has 18 heavy (non-hydrogen) atoms. The number of nitrogens with two attached hydrogens (primary N) is 1. The fourth-order valence-electron chi connectivity index (χ4n) is 1.42. The molecule has 0 aliphatic rings. The average Bonchev–Trinajstić information content (AvgIpc) is 2.31. The molecule has 3 N–H and O–H groups in total.